The van der Waals surface area contributed by atoms with E-state index in [2.05, 4.69) is 35.4 Å². The Labute approximate surface area is 93.0 Å². The van der Waals surface area contributed by atoms with Gasteiger partial charge in [-0.25, -0.2) is 4.98 Å². The van der Waals surface area contributed by atoms with Crippen LogP contribution in [0.4, 0.5) is 5.69 Å². The van der Waals surface area contributed by atoms with Crippen molar-refractivity contribution in [1.82, 2.24) is 4.98 Å². The van der Waals surface area contributed by atoms with Crippen LogP contribution in [0.3, 0.4) is 0 Å². The molecule has 3 rings (SSSR count). The van der Waals surface area contributed by atoms with Crippen LogP contribution in [-0.2, 0) is 13.0 Å². The molecule has 76 valence electrons. The van der Waals surface area contributed by atoms with Gasteiger partial charge in [-0.05, 0) is 18.1 Å². The molecule has 1 N–H and O–H groups in total. The molecule has 1 aromatic carbocycles. The van der Waals surface area contributed by atoms with Gasteiger partial charge in [0, 0.05) is 17.0 Å². The number of anilines is 1. The van der Waals surface area contributed by atoms with Gasteiger partial charge in [0.25, 0.3) is 0 Å². The summed E-state index contributed by atoms with van der Waals surface area (Å²) >= 11 is 1.74. The number of nitrogens with zero attached hydrogens (tertiary/aromatic N) is 1. The second-order valence-corrected chi connectivity index (χ2v) is 4.80. The zero-order valence-electron chi connectivity index (χ0n) is 8.58. The van der Waals surface area contributed by atoms with E-state index in [0.29, 0.717) is 0 Å². The summed E-state index contributed by atoms with van der Waals surface area (Å²) < 4.78 is 0. The standard InChI is InChI=1S/C12H12N2S/c1-8-3-2-4-9-5-10-11(15-7-14-10)6-13-12(8)9/h2-4,7,13H,5-6H2,1H3. The summed E-state index contributed by atoms with van der Waals surface area (Å²) in [4.78, 5) is 5.79. The van der Waals surface area contributed by atoms with Crippen LogP contribution in [-0.4, -0.2) is 4.98 Å². The van der Waals surface area contributed by atoms with Crippen molar-refractivity contribution in [2.24, 2.45) is 0 Å². The number of fused-ring (bicyclic) bond motifs is 2. The molecular formula is C12H12N2S. The molecule has 2 nitrogen and oxygen atoms in total. The molecule has 1 aliphatic rings. The van der Waals surface area contributed by atoms with E-state index in [1.165, 1.54) is 27.4 Å². The molecule has 2 aromatic rings. The van der Waals surface area contributed by atoms with E-state index in [1.807, 2.05) is 5.51 Å². The van der Waals surface area contributed by atoms with Gasteiger partial charge >= 0.3 is 0 Å². The zero-order valence-corrected chi connectivity index (χ0v) is 9.40. The van der Waals surface area contributed by atoms with Crippen LogP contribution >= 0.6 is 11.3 Å². The maximum atomic E-state index is 4.42. The SMILES string of the molecule is Cc1cccc2c1NCc1scnc1C2. The Morgan fingerprint density at radius 2 is 2.33 bits per heavy atom. The van der Waals surface area contributed by atoms with E-state index < -0.39 is 0 Å². The highest BCUT2D eigenvalue weighted by Crippen LogP contribution is 2.29. The van der Waals surface area contributed by atoms with E-state index in [1.54, 1.807) is 11.3 Å². The summed E-state index contributed by atoms with van der Waals surface area (Å²) in [6.07, 6.45) is 0.961. The Balaban J connectivity index is 2.12. The van der Waals surface area contributed by atoms with Crippen LogP contribution in [0.2, 0.25) is 0 Å². The molecule has 0 amide bonds. The number of nitrogens with one attached hydrogen (secondary N) is 1. The van der Waals surface area contributed by atoms with Gasteiger partial charge in [0.15, 0.2) is 0 Å². The molecule has 0 unspecified atom stereocenters. The number of para-hydroxylation sites is 1. The normalized spacial score (nSPS) is 13.7. The first kappa shape index (κ1) is 8.92. The van der Waals surface area contributed by atoms with Crippen molar-refractivity contribution < 1.29 is 0 Å². The minimum absolute atomic E-state index is 0.915. The second kappa shape index (κ2) is 3.35. The number of hydrogen-bond donors (Lipinski definition) is 1. The third-order valence-electron chi connectivity index (χ3n) is 2.87. The van der Waals surface area contributed by atoms with Gasteiger partial charge < -0.3 is 5.32 Å². The first-order chi connectivity index (χ1) is 7.34. The minimum Gasteiger partial charge on any atom is -0.380 e. The van der Waals surface area contributed by atoms with Crippen molar-refractivity contribution in [3.05, 3.63) is 45.4 Å². The molecule has 1 aliphatic heterocycles. The van der Waals surface area contributed by atoms with Gasteiger partial charge in [-0.15, -0.1) is 11.3 Å². The molecule has 0 spiro atoms. The first-order valence-corrected chi connectivity index (χ1v) is 5.96. The molecule has 1 aromatic heterocycles. The Morgan fingerprint density at radius 1 is 1.40 bits per heavy atom. The molecule has 0 radical (unpaired) electrons. The van der Waals surface area contributed by atoms with E-state index in [-0.39, 0.29) is 0 Å². The van der Waals surface area contributed by atoms with Crippen LogP contribution < -0.4 is 5.32 Å². The quantitative estimate of drug-likeness (QED) is 0.732. The average molecular weight is 216 g/mol. The molecule has 2 heterocycles. The lowest BCUT2D eigenvalue weighted by atomic mass is 10.0. The highest BCUT2D eigenvalue weighted by atomic mass is 32.1. The molecule has 0 bridgehead atoms. The van der Waals surface area contributed by atoms with Crippen molar-refractivity contribution in [2.75, 3.05) is 5.32 Å². The molecule has 0 saturated carbocycles. The molecule has 0 atom stereocenters. The molecule has 0 fully saturated rings. The number of thiazole rings is 1. The lowest BCUT2D eigenvalue weighted by Gasteiger charge is -2.10. The van der Waals surface area contributed by atoms with E-state index in [0.717, 1.165) is 13.0 Å². The molecular weight excluding hydrogens is 204 g/mol. The van der Waals surface area contributed by atoms with Crippen molar-refractivity contribution in [1.29, 1.82) is 0 Å². The summed E-state index contributed by atoms with van der Waals surface area (Å²) in [5.41, 5.74) is 7.15. The Kier molecular flexibility index (Phi) is 1.99. The topological polar surface area (TPSA) is 24.9 Å². The molecule has 15 heavy (non-hydrogen) atoms. The van der Waals surface area contributed by atoms with Gasteiger partial charge in [-0.3, -0.25) is 0 Å². The Bertz CT molecular complexity index is 502. The van der Waals surface area contributed by atoms with Gasteiger partial charge in [0.2, 0.25) is 0 Å². The molecule has 0 aliphatic carbocycles. The fourth-order valence-corrected chi connectivity index (χ4v) is 2.78. The van der Waals surface area contributed by atoms with Crippen LogP contribution in [0, 0.1) is 6.92 Å². The van der Waals surface area contributed by atoms with Gasteiger partial charge in [-0.2, -0.15) is 0 Å². The second-order valence-electron chi connectivity index (χ2n) is 3.86. The fourth-order valence-electron chi connectivity index (χ4n) is 2.06. The lowest BCUT2D eigenvalue weighted by molar-refractivity contribution is 1.09. The van der Waals surface area contributed by atoms with Gasteiger partial charge in [-0.1, -0.05) is 18.2 Å². The smallest absolute Gasteiger partial charge is 0.0798 e. The van der Waals surface area contributed by atoms with E-state index in [9.17, 15) is 0 Å². The van der Waals surface area contributed by atoms with Crippen molar-refractivity contribution in [3.8, 4) is 0 Å². The Morgan fingerprint density at radius 3 is 3.27 bits per heavy atom. The predicted molar refractivity (Wildman–Crippen MR) is 63.4 cm³/mol. The third kappa shape index (κ3) is 1.43. The first-order valence-electron chi connectivity index (χ1n) is 5.08. The monoisotopic (exact) mass is 216 g/mol. The van der Waals surface area contributed by atoms with Crippen LogP contribution in [0.5, 0.6) is 0 Å². The highest BCUT2D eigenvalue weighted by Gasteiger charge is 2.15. The summed E-state index contributed by atoms with van der Waals surface area (Å²) in [5.74, 6) is 0. The van der Waals surface area contributed by atoms with Crippen LogP contribution in [0.1, 0.15) is 21.7 Å². The lowest BCUT2D eigenvalue weighted by Crippen LogP contribution is -1.99. The average Bonchev–Trinajstić information content (AvgIpc) is 2.58. The maximum Gasteiger partial charge on any atom is 0.0798 e. The number of aryl methyl sites for hydroxylation is 1. The Hall–Kier alpha value is -1.35. The van der Waals surface area contributed by atoms with Crippen molar-refractivity contribution >= 4 is 17.0 Å². The highest BCUT2D eigenvalue weighted by molar-refractivity contribution is 7.09. The molecule has 3 heteroatoms. The predicted octanol–water partition coefficient (Wildman–Crippen LogP) is 2.97. The number of hydrogen-bond acceptors (Lipinski definition) is 3. The number of benzene rings is 1. The summed E-state index contributed by atoms with van der Waals surface area (Å²) in [6.45, 7) is 3.07. The van der Waals surface area contributed by atoms with Crippen molar-refractivity contribution in [2.45, 2.75) is 19.9 Å². The van der Waals surface area contributed by atoms with Gasteiger partial charge in [0.1, 0.15) is 0 Å². The van der Waals surface area contributed by atoms with Gasteiger partial charge in [0.05, 0.1) is 17.7 Å². The number of aromatic nitrogens is 1. The van der Waals surface area contributed by atoms with Crippen LogP contribution in [0.25, 0.3) is 0 Å². The van der Waals surface area contributed by atoms with E-state index in [4.69, 9.17) is 0 Å². The van der Waals surface area contributed by atoms with Crippen LogP contribution in [0.15, 0.2) is 23.7 Å². The number of rotatable bonds is 0. The molecule has 0 saturated heterocycles. The summed E-state index contributed by atoms with van der Waals surface area (Å²) in [7, 11) is 0. The van der Waals surface area contributed by atoms with E-state index >= 15 is 0 Å². The maximum absolute atomic E-state index is 4.42. The minimum atomic E-state index is 0.915. The third-order valence-corrected chi connectivity index (χ3v) is 3.74. The largest absolute Gasteiger partial charge is 0.380 e. The summed E-state index contributed by atoms with van der Waals surface area (Å²) in [6, 6.07) is 6.45. The van der Waals surface area contributed by atoms with Crippen molar-refractivity contribution in [3.63, 3.8) is 0 Å². The zero-order chi connectivity index (χ0) is 10.3. The summed E-state index contributed by atoms with van der Waals surface area (Å²) in [5, 5.41) is 3.51. The fraction of sp³-hybridized carbons (Fsp3) is 0.250.